The van der Waals surface area contributed by atoms with Gasteiger partial charge in [0.15, 0.2) is 0 Å². The second-order valence-electron chi connectivity index (χ2n) is 7.28. The molecule has 2 atom stereocenters. The molecule has 24 heavy (non-hydrogen) atoms. The fraction of sp³-hybridized carbons (Fsp3) is 0.556. The van der Waals surface area contributed by atoms with E-state index in [2.05, 4.69) is 40.6 Å². The first-order valence-corrected chi connectivity index (χ1v) is 8.70. The van der Waals surface area contributed by atoms with Gasteiger partial charge < -0.3 is 14.8 Å². The summed E-state index contributed by atoms with van der Waals surface area (Å²) in [5.74, 6) is -0.657. The Labute approximate surface area is 141 Å². The summed E-state index contributed by atoms with van der Waals surface area (Å²) in [5.41, 5.74) is 2.50. The van der Waals surface area contributed by atoms with Gasteiger partial charge in [-0.3, -0.25) is 9.69 Å². The van der Waals surface area contributed by atoms with Crippen molar-refractivity contribution in [2.24, 2.45) is 5.41 Å². The molecular formula is C18H24N4O2. The molecule has 2 unspecified atom stereocenters. The van der Waals surface area contributed by atoms with Crippen LogP contribution in [0.1, 0.15) is 30.5 Å². The SMILES string of the molecule is Cc1ccc2nc(CN3CCC4NCCCC4(C(=O)O)C3)cn2c1. The lowest BCUT2D eigenvalue weighted by atomic mass is 9.70. The number of carboxylic acids is 1. The molecular weight excluding hydrogens is 304 g/mol. The van der Waals surface area contributed by atoms with Crippen LogP contribution < -0.4 is 5.32 Å². The van der Waals surface area contributed by atoms with Crippen LogP contribution in [0.25, 0.3) is 5.65 Å². The highest BCUT2D eigenvalue weighted by Gasteiger charge is 2.50. The number of carboxylic acid groups (broad SMARTS) is 1. The maximum Gasteiger partial charge on any atom is 0.312 e. The van der Waals surface area contributed by atoms with E-state index < -0.39 is 11.4 Å². The molecule has 2 aromatic rings. The fourth-order valence-electron chi connectivity index (χ4n) is 4.33. The summed E-state index contributed by atoms with van der Waals surface area (Å²) < 4.78 is 2.05. The minimum atomic E-state index is -0.657. The minimum Gasteiger partial charge on any atom is -0.481 e. The predicted octanol–water partition coefficient (Wildman–Crippen LogP) is 1.67. The molecule has 4 rings (SSSR count). The molecule has 6 nitrogen and oxygen atoms in total. The quantitative estimate of drug-likeness (QED) is 0.897. The number of piperidine rings is 2. The van der Waals surface area contributed by atoms with Crippen LogP contribution in [0.15, 0.2) is 24.5 Å². The van der Waals surface area contributed by atoms with Crippen LogP contribution in [-0.4, -0.2) is 51.0 Å². The topological polar surface area (TPSA) is 69.9 Å². The number of aryl methyl sites for hydroxylation is 1. The highest BCUT2D eigenvalue weighted by molar-refractivity contribution is 5.76. The van der Waals surface area contributed by atoms with Gasteiger partial charge in [-0.1, -0.05) is 6.07 Å². The van der Waals surface area contributed by atoms with E-state index in [0.717, 1.165) is 43.7 Å². The molecule has 6 heteroatoms. The number of aromatic nitrogens is 2. The van der Waals surface area contributed by atoms with Gasteiger partial charge in [-0.15, -0.1) is 0 Å². The lowest BCUT2D eigenvalue weighted by Crippen LogP contribution is -2.62. The van der Waals surface area contributed by atoms with E-state index >= 15 is 0 Å². The summed E-state index contributed by atoms with van der Waals surface area (Å²) in [6.45, 7) is 5.23. The number of hydrogen-bond acceptors (Lipinski definition) is 4. The van der Waals surface area contributed by atoms with Gasteiger partial charge in [-0.05, 0) is 44.4 Å². The Kier molecular flexibility index (Phi) is 3.81. The molecule has 0 aliphatic carbocycles. The second kappa shape index (κ2) is 5.86. The Hall–Kier alpha value is -1.92. The van der Waals surface area contributed by atoms with Crippen LogP contribution in [0.2, 0.25) is 0 Å². The van der Waals surface area contributed by atoms with E-state index in [9.17, 15) is 9.90 Å². The largest absolute Gasteiger partial charge is 0.481 e. The van der Waals surface area contributed by atoms with Crippen molar-refractivity contribution in [3.8, 4) is 0 Å². The highest BCUT2D eigenvalue weighted by atomic mass is 16.4. The van der Waals surface area contributed by atoms with E-state index in [-0.39, 0.29) is 6.04 Å². The fourth-order valence-corrected chi connectivity index (χ4v) is 4.33. The molecule has 4 heterocycles. The predicted molar refractivity (Wildman–Crippen MR) is 90.9 cm³/mol. The lowest BCUT2D eigenvalue weighted by molar-refractivity contribution is -0.157. The number of carbonyl (C=O) groups is 1. The molecule has 2 aliphatic heterocycles. The number of aliphatic carboxylic acids is 1. The van der Waals surface area contributed by atoms with Crippen molar-refractivity contribution in [1.82, 2.24) is 19.6 Å². The number of likely N-dealkylation sites (tertiary alicyclic amines) is 1. The molecule has 2 N–H and O–H groups in total. The van der Waals surface area contributed by atoms with E-state index in [0.29, 0.717) is 13.1 Å². The summed E-state index contributed by atoms with van der Waals surface area (Å²) in [4.78, 5) is 18.9. The Morgan fingerprint density at radius 1 is 1.46 bits per heavy atom. The normalized spacial score (nSPS) is 28.0. The molecule has 0 saturated carbocycles. The number of nitrogens with one attached hydrogen (secondary N) is 1. The number of fused-ring (bicyclic) bond motifs is 2. The smallest absolute Gasteiger partial charge is 0.312 e. The molecule has 128 valence electrons. The van der Waals surface area contributed by atoms with Crippen LogP contribution in [0.5, 0.6) is 0 Å². The third-order valence-electron chi connectivity index (χ3n) is 5.56. The van der Waals surface area contributed by atoms with Crippen LogP contribution in [0.3, 0.4) is 0 Å². The van der Waals surface area contributed by atoms with Crippen molar-refractivity contribution in [1.29, 1.82) is 0 Å². The van der Waals surface area contributed by atoms with E-state index in [1.54, 1.807) is 0 Å². The van der Waals surface area contributed by atoms with Gasteiger partial charge in [0.25, 0.3) is 0 Å². The Morgan fingerprint density at radius 3 is 3.17 bits per heavy atom. The third kappa shape index (κ3) is 2.59. The van der Waals surface area contributed by atoms with Gasteiger partial charge in [0.1, 0.15) is 5.65 Å². The van der Waals surface area contributed by atoms with Gasteiger partial charge in [0, 0.05) is 38.1 Å². The number of rotatable bonds is 3. The third-order valence-corrected chi connectivity index (χ3v) is 5.56. The molecule has 0 amide bonds. The average molecular weight is 328 g/mol. The lowest BCUT2D eigenvalue weighted by Gasteiger charge is -2.48. The van der Waals surface area contributed by atoms with E-state index in [1.807, 2.05) is 10.5 Å². The van der Waals surface area contributed by atoms with Crippen molar-refractivity contribution in [2.75, 3.05) is 19.6 Å². The standard InChI is InChI=1S/C18H24N4O2/c1-13-3-4-16-20-14(11-22(16)9-13)10-21-8-5-15-18(12-21,17(23)24)6-2-7-19-15/h3-4,9,11,15,19H,2,5-8,10,12H2,1H3,(H,23,24). The number of hydrogen-bond donors (Lipinski definition) is 2. The van der Waals surface area contributed by atoms with Crippen LogP contribution >= 0.6 is 0 Å². The average Bonchev–Trinajstić information content (AvgIpc) is 2.95. The maximum absolute atomic E-state index is 12.0. The summed E-state index contributed by atoms with van der Waals surface area (Å²) in [5, 5.41) is 13.3. The van der Waals surface area contributed by atoms with Crippen molar-refractivity contribution < 1.29 is 9.90 Å². The van der Waals surface area contributed by atoms with Gasteiger partial charge in [-0.25, -0.2) is 4.98 Å². The van der Waals surface area contributed by atoms with Crippen molar-refractivity contribution in [3.63, 3.8) is 0 Å². The van der Waals surface area contributed by atoms with Gasteiger partial charge in [0.05, 0.1) is 11.1 Å². The first-order chi connectivity index (χ1) is 11.6. The second-order valence-corrected chi connectivity index (χ2v) is 7.28. The van der Waals surface area contributed by atoms with Crippen molar-refractivity contribution in [3.05, 3.63) is 35.8 Å². The number of imidazole rings is 1. The first kappa shape index (κ1) is 15.6. The summed E-state index contributed by atoms with van der Waals surface area (Å²) in [6, 6.07) is 4.18. The van der Waals surface area contributed by atoms with Gasteiger partial charge in [-0.2, -0.15) is 0 Å². The first-order valence-electron chi connectivity index (χ1n) is 8.70. The number of nitrogens with zero attached hydrogens (tertiary/aromatic N) is 3. The van der Waals surface area contributed by atoms with Crippen LogP contribution in [-0.2, 0) is 11.3 Å². The maximum atomic E-state index is 12.0. The zero-order valence-corrected chi connectivity index (χ0v) is 14.0. The molecule has 0 radical (unpaired) electrons. The highest BCUT2D eigenvalue weighted by Crippen LogP contribution is 2.38. The van der Waals surface area contributed by atoms with E-state index in [4.69, 9.17) is 0 Å². The molecule has 2 fully saturated rings. The summed E-state index contributed by atoms with van der Waals surface area (Å²) >= 11 is 0. The minimum absolute atomic E-state index is 0.101. The molecule has 0 spiro atoms. The summed E-state index contributed by atoms with van der Waals surface area (Å²) in [6.07, 6.45) is 6.72. The zero-order valence-electron chi connectivity index (χ0n) is 14.0. The van der Waals surface area contributed by atoms with Crippen LogP contribution in [0, 0.1) is 12.3 Å². The molecule has 0 bridgehead atoms. The molecule has 2 saturated heterocycles. The van der Waals surface area contributed by atoms with Gasteiger partial charge in [0.2, 0.25) is 0 Å². The zero-order chi connectivity index (χ0) is 16.7. The van der Waals surface area contributed by atoms with Crippen molar-refractivity contribution >= 4 is 11.6 Å². The molecule has 2 aromatic heterocycles. The molecule has 2 aliphatic rings. The Bertz CT molecular complexity index is 771. The number of pyridine rings is 1. The monoisotopic (exact) mass is 328 g/mol. The molecule has 0 aromatic carbocycles. The van der Waals surface area contributed by atoms with Crippen LogP contribution in [0.4, 0.5) is 0 Å². The summed E-state index contributed by atoms with van der Waals surface area (Å²) in [7, 11) is 0. The van der Waals surface area contributed by atoms with Gasteiger partial charge >= 0.3 is 5.97 Å². The Balaban J connectivity index is 1.55. The van der Waals surface area contributed by atoms with E-state index in [1.165, 1.54) is 5.56 Å². The van der Waals surface area contributed by atoms with Crippen molar-refractivity contribution in [2.45, 2.75) is 38.8 Å². The Morgan fingerprint density at radius 2 is 2.33 bits per heavy atom.